The van der Waals surface area contributed by atoms with Crippen LogP contribution in [0.4, 0.5) is 0 Å². The van der Waals surface area contributed by atoms with Crippen LogP contribution in [0.25, 0.3) is 0 Å². The molecule has 0 aliphatic carbocycles. The Morgan fingerprint density at radius 2 is 2.00 bits per heavy atom. The fraction of sp³-hybridized carbons (Fsp3) is 0.889. The highest BCUT2D eigenvalue weighted by molar-refractivity contribution is 7.98. The topological polar surface area (TPSA) is 52.3 Å². The second-order valence-corrected chi connectivity index (χ2v) is 4.91. The number of halogens is 1. The zero-order valence-electron chi connectivity index (χ0n) is 9.20. The van der Waals surface area contributed by atoms with E-state index in [-0.39, 0.29) is 18.4 Å². The van der Waals surface area contributed by atoms with Gasteiger partial charge in [-0.3, -0.25) is 4.79 Å². The van der Waals surface area contributed by atoms with Crippen molar-refractivity contribution in [2.24, 2.45) is 5.73 Å². The molecule has 0 aromatic rings. The van der Waals surface area contributed by atoms with Crippen LogP contribution >= 0.6 is 24.2 Å². The van der Waals surface area contributed by atoms with Crippen molar-refractivity contribution in [3.05, 3.63) is 0 Å². The van der Waals surface area contributed by atoms with Gasteiger partial charge in [0.15, 0.2) is 0 Å². The molecule has 14 heavy (non-hydrogen) atoms. The zero-order chi connectivity index (χ0) is 10.5. The van der Waals surface area contributed by atoms with Crippen LogP contribution in [0.2, 0.25) is 0 Å². The van der Waals surface area contributed by atoms with E-state index in [1.54, 1.807) is 11.8 Å². The van der Waals surface area contributed by atoms with Gasteiger partial charge >= 0.3 is 5.97 Å². The van der Waals surface area contributed by atoms with Crippen molar-refractivity contribution in [2.45, 2.75) is 38.8 Å². The minimum absolute atomic E-state index is 0. The van der Waals surface area contributed by atoms with Crippen molar-refractivity contribution >= 4 is 30.1 Å². The molecule has 0 bridgehead atoms. The van der Waals surface area contributed by atoms with E-state index in [0.29, 0.717) is 6.42 Å². The van der Waals surface area contributed by atoms with Gasteiger partial charge in [-0.2, -0.15) is 11.8 Å². The van der Waals surface area contributed by atoms with Crippen LogP contribution in [0, 0.1) is 0 Å². The number of nitrogens with two attached hydrogens (primary N) is 1. The summed E-state index contributed by atoms with van der Waals surface area (Å²) in [4.78, 5) is 11.3. The molecule has 2 N–H and O–H groups in total. The molecule has 0 amide bonds. The van der Waals surface area contributed by atoms with E-state index in [0.717, 1.165) is 5.75 Å². The summed E-state index contributed by atoms with van der Waals surface area (Å²) in [5, 5.41) is 0. The molecule has 0 rings (SSSR count). The van der Waals surface area contributed by atoms with E-state index >= 15 is 0 Å². The molecule has 0 aromatic heterocycles. The van der Waals surface area contributed by atoms with E-state index in [9.17, 15) is 4.79 Å². The van der Waals surface area contributed by atoms with Crippen molar-refractivity contribution in [3.63, 3.8) is 0 Å². The van der Waals surface area contributed by atoms with Crippen LogP contribution < -0.4 is 5.73 Å². The van der Waals surface area contributed by atoms with Crippen molar-refractivity contribution in [3.8, 4) is 0 Å². The van der Waals surface area contributed by atoms with Crippen LogP contribution in [0.5, 0.6) is 0 Å². The molecule has 0 aromatic carbocycles. The molecule has 5 heteroatoms. The smallest absolute Gasteiger partial charge is 0.323 e. The Labute approximate surface area is 96.5 Å². The molecule has 0 saturated carbocycles. The monoisotopic (exact) mass is 241 g/mol. The summed E-state index contributed by atoms with van der Waals surface area (Å²) < 4.78 is 5.12. The van der Waals surface area contributed by atoms with Gasteiger partial charge in [0.1, 0.15) is 11.6 Å². The highest BCUT2D eigenvalue weighted by Crippen LogP contribution is 2.09. The molecule has 0 saturated heterocycles. The standard InChI is InChI=1S/C9H19NO2S.ClH/c1-9(2,3)12-8(11)7(10)5-6-13-4;/h7H,5-6,10H2,1-4H3;1H. The number of rotatable bonds is 4. The fourth-order valence-corrected chi connectivity index (χ4v) is 1.23. The third-order valence-electron chi connectivity index (χ3n) is 1.34. The van der Waals surface area contributed by atoms with Crippen molar-refractivity contribution < 1.29 is 9.53 Å². The summed E-state index contributed by atoms with van der Waals surface area (Å²) in [6.07, 6.45) is 2.66. The molecule has 0 aliphatic heterocycles. The lowest BCUT2D eigenvalue weighted by atomic mass is 10.2. The van der Waals surface area contributed by atoms with Gasteiger partial charge in [-0.15, -0.1) is 12.4 Å². The molecule has 0 heterocycles. The number of esters is 1. The lowest BCUT2D eigenvalue weighted by Crippen LogP contribution is -2.37. The predicted molar refractivity (Wildman–Crippen MR) is 64.1 cm³/mol. The van der Waals surface area contributed by atoms with Gasteiger partial charge in [-0.25, -0.2) is 0 Å². The van der Waals surface area contributed by atoms with E-state index in [4.69, 9.17) is 10.5 Å². The number of thioether (sulfide) groups is 1. The van der Waals surface area contributed by atoms with Crippen LogP contribution in [0.1, 0.15) is 27.2 Å². The average Bonchev–Trinajstić information content (AvgIpc) is 1.96. The molecule has 3 nitrogen and oxygen atoms in total. The highest BCUT2D eigenvalue weighted by Gasteiger charge is 2.21. The summed E-state index contributed by atoms with van der Waals surface area (Å²) >= 11 is 1.68. The summed E-state index contributed by atoms with van der Waals surface area (Å²) in [5.41, 5.74) is 5.19. The van der Waals surface area contributed by atoms with Crippen LogP contribution in [-0.4, -0.2) is 29.6 Å². The summed E-state index contributed by atoms with van der Waals surface area (Å²) in [5.74, 6) is 0.585. The first-order valence-electron chi connectivity index (χ1n) is 4.34. The first kappa shape index (κ1) is 16.5. The molecule has 86 valence electrons. The third kappa shape index (κ3) is 8.66. The number of carbonyl (C=O) groups is 1. The van der Waals surface area contributed by atoms with Crippen molar-refractivity contribution in [2.75, 3.05) is 12.0 Å². The normalized spacial score (nSPS) is 12.9. The molecule has 0 fully saturated rings. The summed E-state index contributed by atoms with van der Waals surface area (Å²) in [6.45, 7) is 5.52. The average molecular weight is 242 g/mol. The van der Waals surface area contributed by atoms with Crippen molar-refractivity contribution in [1.29, 1.82) is 0 Å². The van der Waals surface area contributed by atoms with Gasteiger partial charge in [0, 0.05) is 0 Å². The number of hydrogen-bond donors (Lipinski definition) is 1. The third-order valence-corrected chi connectivity index (χ3v) is 1.99. The predicted octanol–water partition coefficient (Wildman–Crippen LogP) is 1.83. The van der Waals surface area contributed by atoms with Crippen LogP contribution in [-0.2, 0) is 9.53 Å². The Kier molecular flexibility index (Phi) is 8.69. The molecular weight excluding hydrogens is 222 g/mol. The van der Waals surface area contributed by atoms with Crippen LogP contribution in [0.15, 0.2) is 0 Å². The number of hydrogen-bond acceptors (Lipinski definition) is 4. The molecule has 1 unspecified atom stereocenters. The first-order valence-corrected chi connectivity index (χ1v) is 5.73. The van der Waals surface area contributed by atoms with Gasteiger partial charge in [0.25, 0.3) is 0 Å². The van der Waals surface area contributed by atoms with E-state index in [1.165, 1.54) is 0 Å². The Hall–Kier alpha value is 0.0700. The number of ether oxygens (including phenoxy) is 1. The van der Waals surface area contributed by atoms with E-state index < -0.39 is 11.6 Å². The minimum atomic E-state index is -0.480. The second-order valence-electron chi connectivity index (χ2n) is 3.92. The maximum absolute atomic E-state index is 11.3. The van der Waals surface area contributed by atoms with Crippen molar-refractivity contribution in [1.82, 2.24) is 0 Å². The van der Waals surface area contributed by atoms with Gasteiger partial charge < -0.3 is 10.5 Å². The molecule has 0 spiro atoms. The SMILES string of the molecule is CSCCC(N)C(=O)OC(C)(C)C.Cl. The lowest BCUT2D eigenvalue weighted by molar-refractivity contribution is -0.156. The maximum atomic E-state index is 11.3. The summed E-state index contributed by atoms with van der Waals surface area (Å²) in [7, 11) is 0. The molecular formula is C9H20ClNO2S. The van der Waals surface area contributed by atoms with Gasteiger partial charge in [-0.05, 0) is 39.2 Å². The zero-order valence-corrected chi connectivity index (χ0v) is 10.8. The van der Waals surface area contributed by atoms with Gasteiger partial charge in [0.2, 0.25) is 0 Å². The molecule has 0 aliphatic rings. The quantitative estimate of drug-likeness (QED) is 0.763. The van der Waals surface area contributed by atoms with Gasteiger partial charge in [0.05, 0.1) is 0 Å². The Balaban J connectivity index is 0. The summed E-state index contributed by atoms with van der Waals surface area (Å²) in [6, 6.07) is -0.480. The van der Waals surface area contributed by atoms with E-state index in [1.807, 2.05) is 27.0 Å². The number of carbonyl (C=O) groups excluding carboxylic acids is 1. The minimum Gasteiger partial charge on any atom is -0.459 e. The Bertz CT molecular complexity index is 171. The molecule has 1 atom stereocenters. The second kappa shape index (κ2) is 7.37. The maximum Gasteiger partial charge on any atom is 0.323 e. The molecule has 0 radical (unpaired) electrons. The highest BCUT2D eigenvalue weighted by atomic mass is 35.5. The lowest BCUT2D eigenvalue weighted by Gasteiger charge is -2.21. The Morgan fingerprint density at radius 3 is 2.36 bits per heavy atom. The largest absolute Gasteiger partial charge is 0.459 e. The van der Waals surface area contributed by atoms with Crippen LogP contribution in [0.3, 0.4) is 0 Å². The Morgan fingerprint density at radius 1 is 1.50 bits per heavy atom. The first-order chi connectivity index (χ1) is 5.87. The fourth-order valence-electron chi connectivity index (χ4n) is 0.740. The van der Waals surface area contributed by atoms with Gasteiger partial charge in [-0.1, -0.05) is 0 Å². The van der Waals surface area contributed by atoms with E-state index in [2.05, 4.69) is 0 Å².